The van der Waals surface area contributed by atoms with Gasteiger partial charge >= 0.3 is 0 Å². The molecule has 1 aliphatic heterocycles. The third-order valence-electron chi connectivity index (χ3n) is 3.67. The molecule has 0 aliphatic carbocycles. The van der Waals surface area contributed by atoms with Crippen molar-refractivity contribution >= 4 is 11.6 Å². The van der Waals surface area contributed by atoms with Crippen molar-refractivity contribution in [2.45, 2.75) is 13.3 Å². The summed E-state index contributed by atoms with van der Waals surface area (Å²) < 4.78 is 0. The van der Waals surface area contributed by atoms with Crippen molar-refractivity contribution < 1.29 is 4.79 Å². The van der Waals surface area contributed by atoms with Gasteiger partial charge in [-0.25, -0.2) is 0 Å². The van der Waals surface area contributed by atoms with Gasteiger partial charge in [0.25, 0.3) is 0 Å². The molecule has 0 atom stereocenters. The van der Waals surface area contributed by atoms with Crippen LogP contribution in [0.4, 0.5) is 5.69 Å². The maximum Gasteiger partial charge on any atom is 0.223 e. The van der Waals surface area contributed by atoms with Crippen molar-refractivity contribution in [2.24, 2.45) is 0 Å². The zero-order valence-electron chi connectivity index (χ0n) is 11.3. The van der Waals surface area contributed by atoms with Gasteiger partial charge in [0.2, 0.25) is 5.91 Å². The number of amides is 1. The number of carbonyl (C=O) groups is 1. The topological polar surface area (TPSA) is 44.1 Å². The van der Waals surface area contributed by atoms with Crippen LogP contribution >= 0.6 is 0 Å². The lowest BCUT2D eigenvalue weighted by molar-refractivity contribution is -0.116. The molecule has 0 saturated carbocycles. The van der Waals surface area contributed by atoms with E-state index >= 15 is 0 Å². The van der Waals surface area contributed by atoms with E-state index in [1.54, 1.807) is 11.8 Å². The van der Waals surface area contributed by atoms with Crippen LogP contribution < -0.4 is 4.90 Å². The van der Waals surface area contributed by atoms with Gasteiger partial charge in [-0.05, 0) is 35.2 Å². The van der Waals surface area contributed by atoms with E-state index in [4.69, 9.17) is 0 Å². The number of rotatable bonds is 1. The van der Waals surface area contributed by atoms with Crippen LogP contribution in [0.5, 0.6) is 0 Å². The molecule has 0 bridgehead atoms. The summed E-state index contributed by atoms with van der Waals surface area (Å²) in [5, 5.41) is 9.38. The van der Waals surface area contributed by atoms with Gasteiger partial charge in [0.05, 0.1) is 11.3 Å². The van der Waals surface area contributed by atoms with Crippen LogP contribution in [0.1, 0.15) is 18.1 Å². The van der Waals surface area contributed by atoms with E-state index in [0.717, 1.165) is 28.8 Å². The third kappa shape index (κ3) is 1.96. The first-order valence-electron chi connectivity index (χ1n) is 6.61. The molecule has 0 unspecified atom stereocenters. The van der Waals surface area contributed by atoms with Gasteiger partial charge in [-0.15, -0.1) is 0 Å². The summed E-state index contributed by atoms with van der Waals surface area (Å²) >= 11 is 0. The quantitative estimate of drug-likeness (QED) is 0.792. The lowest BCUT2D eigenvalue weighted by atomic mass is 9.98. The predicted molar refractivity (Wildman–Crippen MR) is 78.3 cm³/mol. The zero-order chi connectivity index (χ0) is 14.1. The molecule has 0 spiro atoms. The van der Waals surface area contributed by atoms with E-state index in [9.17, 15) is 10.1 Å². The Balaban J connectivity index is 2.16. The number of nitriles is 1. The van der Waals surface area contributed by atoms with Crippen molar-refractivity contribution in [2.75, 3.05) is 11.4 Å². The average Bonchev–Trinajstić information content (AvgIpc) is 2.91. The third-order valence-corrected chi connectivity index (χ3v) is 3.67. The maximum absolute atomic E-state index is 11.6. The largest absolute Gasteiger partial charge is 0.311 e. The Hall–Kier alpha value is -2.60. The molecule has 2 aromatic rings. The molecule has 98 valence electrons. The highest BCUT2D eigenvalue weighted by Gasteiger charge is 2.26. The molecule has 1 amide bonds. The summed E-state index contributed by atoms with van der Waals surface area (Å²) in [4.78, 5) is 13.3. The van der Waals surface area contributed by atoms with Crippen LogP contribution in [0.15, 0.2) is 42.5 Å². The van der Waals surface area contributed by atoms with Crippen molar-refractivity contribution in [1.82, 2.24) is 0 Å². The molecule has 1 heterocycles. The summed E-state index contributed by atoms with van der Waals surface area (Å²) in [7, 11) is 0. The van der Waals surface area contributed by atoms with Crippen LogP contribution in [0.3, 0.4) is 0 Å². The van der Waals surface area contributed by atoms with E-state index in [1.807, 2.05) is 36.4 Å². The highest BCUT2D eigenvalue weighted by molar-refractivity contribution is 5.96. The van der Waals surface area contributed by atoms with E-state index in [-0.39, 0.29) is 5.91 Å². The van der Waals surface area contributed by atoms with Gasteiger partial charge in [-0.3, -0.25) is 4.79 Å². The van der Waals surface area contributed by atoms with Gasteiger partial charge in [-0.2, -0.15) is 5.26 Å². The second-order valence-electron chi connectivity index (χ2n) is 4.93. The summed E-state index contributed by atoms with van der Waals surface area (Å²) in [6.07, 6.45) is 0.810. The molecule has 0 saturated heterocycles. The van der Waals surface area contributed by atoms with Crippen molar-refractivity contribution in [3.63, 3.8) is 0 Å². The molecular formula is C17H14N2O. The lowest BCUT2D eigenvalue weighted by Crippen LogP contribution is -2.26. The Kier molecular flexibility index (Phi) is 3.00. The van der Waals surface area contributed by atoms with E-state index in [0.29, 0.717) is 12.1 Å². The van der Waals surface area contributed by atoms with E-state index in [1.165, 1.54) is 0 Å². The van der Waals surface area contributed by atoms with Crippen LogP contribution in [-0.4, -0.2) is 12.5 Å². The molecule has 0 aromatic heterocycles. The van der Waals surface area contributed by atoms with E-state index < -0.39 is 0 Å². The SMILES string of the molecule is CC(=O)N1CCc2cc(-c3ccccc3)cc(C#N)c21. The molecule has 3 rings (SSSR count). The van der Waals surface area contributed by atoms with Crippen LogP contribution in [0, 0.1) is 11.3 Å². The van der Waals surface area contributed by atoms with Crippen LogP contribution in [0.25, 0.3) is 11.1 Å². The monoisotopic (exact) mass is 262 g/mol. The standard InChI is InChI=1S/C17H14N2O/c1-12(20)19-8-7-14-9-15(10-16(11-18)17(14)19)13-5-3-2-4-6-13/h2-6,9-10H,7-8H2,1H3. The molecule has 3 heteroatoms. The van der Waals surface area contributed by atoms with E-state index in [2.05, 4.69) is 12.1 Å². The zero-order valence-corrected chi connectivity index (χ0v) is 11.3. The van der Waals surface area contributed by atoms with Crippen molar-refractivity contribution in [3.8, 4) is 17.2 Å². The average molecular weight is 262 g/mol. The lowest BCUT2D eigenvalue weighted by Gasteiger charge is -2.16. The number of nitrogens with zero attached hydrogens (tertiary/aromatic N) is 2. The van der Waals surface area contributed by atoms with Gasteiger partial charge in [0.15, 0.2) is 0 Å². The highest BCUT2D eigenvalue weighted by atomic mass is 16.2. The minimum absolute atomic E-state index is 0.00675. The molecule has 0 fully saturated rings. The minimum atomic E-state index is -0.00675. The number of hydrogen-bond acceptors (Lipinski definition) is 2. The predicted octanol–water partition coefficient (Wildman–Crippen LogP) is 3.13. The normalized spacial score (nSPS) is 12.9. The summed E-state index contributed by atoms with van der Waals surface area (Å²) in [5.74, 6) is -0.00675. The second-order valence-corrected chi connectivity index (χ2v) is 4.93. The summed E-state index contributed by atoms with van der Waals surface area (Å²) in [6, 6.07) is 16.2. The van der Waals surface area contributed by atoms with Gasteiger partial charge in [-0.1, -0.05) is 30.3 Å². The Morgan fingerprint density at radius 2 is 1.95 bits per heavy atom. The number of fused-ring (bicyclic) bond motifs is 1. The van der Waals surface area contributed by atoms with Crippen molar-refractivity contribution in [1.29, 1.82) is 5.26 Å². The fourth-order valence-electron chi connectivity index (χ4n) is 2.75. The molecule has 2 aromatic carbocycles. The Morgan fingerprint density at radius 3 is 2.60 bits per heavy atom. The fourth-order valence-corrected chi connectivity index (χ4v) is 2.75. The first-order valence-corrected chi connectivity index (χ1v) is 6.61. The Labute approximate surface area is 118 Å². The maximum atomic E-state index is 11.6. The number of benzene rings is 2. The first-order chi connectivity index (χ1) is 9.70. The summed E-state index contributed by atoms with van der Waals surface area (Å²) in [5.41, 5.74) is 4.58. The first kappa shape index (κ1) is 12.4. The number of carbonyl (C=O) groups excluding carboxylic acids is 1. The molecular weight excluding hydrogens is 248 g/mol. The number of hydrogen-bond donors (Lipinski definition) is 0. The Bertz CT molecular complexity index is 714. The van der Waals surface area contributed by atoms with Gasteiger partial charge in [0, 0.05) is 13.5 Å². The fraction of sp³-hybridized carbons (Fsp3) is 0.176. The second kappa shape index (κ2) is 4.82. The minimum Gasteiger partial charge on any atom is -0.311 e. The molecule has 1 aliphatic rings. The van der Waals surface area contributed by atoms with Crippen molar-refractivity contribution in [3.05, 3.63) is 53.6 Å². The molecule has 0 N–H and O–H groups in total. The summed E-state index contributed by atoms with van der Waals surface area (Å²) in [6.45, 7) is 2.21. The molecule has 20 heavy (non-hydrogen) atoms. The number of anilines is 1. The van der Waals surface area contributed by atoms with Crippen LogP contribution in [0.2, 0.25) is 0 Å². The molecule has 3 nitrogen and oxygen atoms in total. The highest BCUT2D eigenvalue weighted by Crippen LogP contribution is 2.35. The van der Waals surface area contributed by atoms with Gasteiger partial charge < -0.3 is 4.90 Å². The molecule has 0 radical (unpaired) electrons. The van der Waals surface area contributed by atoms with Crippen LogP contribution in [-0.2, 0) is 11.2 Å². The smallest absolute Gasteiger partial charge is 0.223 e. The Morgan fingerprint density at radius 1 is 1.20 bits per heavy atom. The van der Waals surface area contributed by atoms with Gasteiger partial charge in [0.1, 0.15) is 6.07 Å².